The lowest BCUT2D eigenvalue weighted by Gasteiger charge is -2.47. The molecule has 0 spiro atoms. The molecular formula is C18H22N4O5. The van der Waals surface area contributed by atoms with Gasteiger partial charge in [-0.15, -0.1) is 0 Å². The number of anilines is 1. The molecule has 9 nitrogen and oxygen atoms in total. The number of rotatable bonds is 1. The number of nitriles is 1. The number of benzene rings is 1. The molecule has 2 heterocycles. The van der Waals surface area contributed by atoms with E-state index in [-0.39, 0.29) is 35.2 Å². The van der Waals surface area contributed by atoms with Gasteiger partial charge >= 0.3 is 6.09 Å². The van der Waals surface area contributed by atoms with Gasteiger partial charge in [0, 0.05) is 32.6 Å². The third-order valence-corrected chi connectivity index (χ3v) is 4.74. The van der Waals surface area contributed by atoms with Crippen molar-refractivity contribution < 1.29 is 19.2 Å². The lowest BCUT2D eigenvalue weighted by atomic mass is 9.97. The summed E-state index contributed by atoms with van der Waals surface area (Å²) in [4.78, 5) is 26.6. The van der Waals surface area contributed by atoms with E-state index in [0.29, 0.717) is 25.2 Å². The van der Waals surface area contributed by atoms with Crippen LogP contribution < -0.4 is 9.64 Å². The van der Waals surface area contributed by atoms with Gasteiger partial charge in [-0.1, -0.05) is 0 Å². The summed E-state index contributed by atoms with van der Waals surface area (Å²) in [7, 11) is 1.84. The Morgan fingerprint density at radius 1 is 1.44 bits per heavy atom. The fourth-order valence-electron chi connectivity index (χ4n) is 3.46. The van der Waals surface area contributed by atoms with Crippen molar-refractivity contribution in [1.29, 1.82) is 5.26 Å². The predicted molar refractivity (Wildman–Crippen MR) is 96.8 cm³/mol. The standard InChI is InChI=1S/C18H22N4O5/c1-18(2,3)27-17(23)21-8-7-15-14(10-21)20(4)13-6-5-12(22(24)25)11(9-19)16(13)26-15/h5-6,14-15H,7-8,10H2,1-4H3/t14-,15+/m0/s1. The van der Waals surface area contributed by atoms with E-state index in [1.807, 2.05) is 38.8 Å². The molecule has 1 fully saturated rings. The van der Waals surface area contributed by atoms with Crippen LogP contribution in [-0.4, -0.2) is 53.8 Å². The largest absolute Gasteiger partial charge is 0.484 e. The number of ether oxygens (including phenoxy) is 2. The molecule has 1 aromatic rings. The normalized spacial score (nSPS) is 21.4. The monoisotopic (exact) mass is 374 g/mol. The first-order valence-electron chi connectivity index (χ1n) is 8.71. The smallest absolute Gasteiger partial charge is 0.410 e. The number of hydrogen-bond acceptors (Lipinski definition) is 7. The lowest BCUT2D eigenvalue weighted by molar-refractivity contribution is -0.385. The molecule has 1 aromatic carbocycles. The van der Waals surface area contributed by atoms with Crippen molar-refractivity contribution >= 4 is 17.5 Å². The van der Waals surface area contributed by atoms with E-state index in [9.17, 15) is 20.2 Å². The van der Waals surface area contributed by atoms with Crippen LogP contribution in [0.4, 0.5) is 16.2 Å². The van der Waals surface area contributed by atoms with Crippen LogP contribution in [-0.2, 0) is 4.74 Å². The molecule has 1 amide bonds. The molecule has 1 saturated heterocycles. The van der Waals surface area contributed by atoms with Gasteiger partial charge in [0.2, 0.25) is 0 Å². The number of fused-ring (bicyclic) bond motifs is 2. The molecule has 0 N–H and O–H groups in total. The summed E-state index contributed by atoms with van der Waals surface area (Å²) in [5.41, 5.74) is -0.313. The Kier molecular flexibility index (Phi) is 4.59. The van der Waals surface area contributed by atoms with Crippen LogP contribution in [0, 0.1) is 21.4 Å². The molecule has 0 unspecified atom stereocenters. The van der Waals surface area contributed by atoms with E-state index < -0.39 is 10.5 Å². The molecular weight excluding hydrogens is 352 g/mol. The van der Waals surface area contributed by atoms with E-state index in [1.54, 1.807) is 11.0 Å². The third-order valence-electron chi connectivity index (χ3n) is 4.74. The van der Waals surface area contributed by atoms with Gasteiger partial charge in [0.25, 0.3) is 5.69 Å². The number of piperidine rings is 1. The van der Waals surface area contributed by atoms with Crippen LogP contribution in [0.25, 0.3) is 0 Å². The third kappa shape index (κ3) is 3.47. The van der Waals surface area contributed by atoms with Crippen LogP contribution in [0.2, 0.25) is 0 Å². The highest BCUT2D eigenvalue weighted by molar-refractivity contribution is 5.73. The summed E-state index contributed by atoms with van der Waals surface area (Å²) in [5.74, 6) is 0.237. The molecule has 0 bridgehead atoms. The zero-order valence-corrected chi connectivity index (χ0v) is 15.8. The Morgan fingerprint density at radius 3 is 2.74 bits per heavy atom. The van der Waals surface area contributed by atoms with E-state index in [1.165, 1.54) is 6.07 Å². The van der Waals surface area contributed by atoms with Gasteiger partial charge in [-0.05, 0) is 26.8 Å². The molecule has 9 heteroatoms. The lowest BCUT2D eigenvalue weighted by Crippen LogP contribution is -2.59. The van der Waals surface area contributed by atoms with Gasteiger partial charge in [-0.2, -0.15) is 5.26 Å². The summed E-state index contributed by atoms with van der Waals surface area (Å²) in [6.45, 7) is 6.32. The highest BCUT2D eigenvalue weighted by Crippen LogP contribution is 2.43. The number of carbonyl (C=O) groups is 1. The van der Waals surface area contributed by atoms with Crippen molar-refractivity contribution in [2.24, 2.45) is 0 Å². The van der Waals surface area contributed by atoms with Crippen molar-refractivity contribution in [2.75, 3.05) is 25.0 Å². The summed E-state index contributed by atoms with van der Waals surface area (Å²) >= 11 is 0. The summed E-state index contributed by atoms with van der Waals surface area (Å²) in [6.07, 6.45) is -0.0989. The molecule has 0 aromatic heterocycles. The van der Waals surface area contributed by atoms with Gasteiger partial charge < -0.3 is 19.3 Å². The fourth-order valence-corrected chi connectivity index (χ4v) is 3.46. The molecule has 2 aliphatic rings. The van der Waals surface area contributed by atoms with E-state index in [4.69, 9.17) is 9.47 Å². The molecule has 27 heavy (non-hydrogen) atoms. The Balaban J connectivity index is 1.88. The Hall–Kier alpha value is -3.02. The second kappa shape index (κ2) is 6.61. The summed E-state index contributed by atoms with van der Waals surface area (Å²) in [5, 5.41) is 20.6. The van der Waals surface area contributed by atoms with Crippen molar-refractivity contribution in [3.8, 4) is 11.8 Å². The quantitative estimate of drug-likeness (QED) is 0.549. The Labute approximate surface area is 157 Å². The summed E-state index contributed by atoms with van der Waals surface area (Å²) in [6, 6.07) is 4.66. The minimum absolute atomic E-state index is 0.0719. The molecule has 0 aliphatic carbocycles. The molecule has 0 radical (unpaired) electrons. The number of nitro groups is 1. The average molecular weight is 374 g/mol. The number of carbonyl (C=O) groups excluding carboxylic acids is 1. The van der Waals surface area contributed by atoms with Crippen LogP contribution in [0.15, 0.2) is 12.1 Å². The van der Waals surface area contributed by atoms with Gasteiger partial charge in [-0.3, -0.25) is 10.1 Å². The van der Waals surface area contributed by atoms with E-state index in [2.05, 4.69) is 0 Å². The molecule has 0 saturated carbocycles. The first-order chi connectivity index (χ1) is 12.6. The highest BCUT2D eigenvalue weighted by Gasteiger charge is 2.42. The Morgan fingerprint density at radius 2 is 2.15 bits per heavy atom. The maximum Gasteiger partial charge on any atom is 0.410 e. The molecule has 2 aliphatic heterocycles. The maximum absolute atomic E-state index is 12.4. The van der Waals surface area contributed by atoms with Crippen LogP contribution in [0.3, 0.4) is 0 Å². The predicted octanol–water partition coefficient (Wildman–Crippen LogP) is 2.67. The fraction of sp³-hybridized carbons (Fsp3) is 0.556. The highest BCUT2D eigenvalue weighted by atomic mass is 16.6. The first kappa shape index (κ1) is 18.8. The van der Waals surface area contributed by atoms with E-state index in [0.717, 1.165) is 0 Å². The SMILES string of the molecule is CN1c2ccc([N+](=O)[O-])c(C#N)c2O[C@@H]2CCN(C(=O)OC(C)(C)C)C[C@@H]21. The van der Waals surface area contributed by atoms with Gasteiger partial charge in [0.1, 0.15) is 17.8 Å². The van der Waals surface area contributed by atoms with E-state index >= 15 is 0 Å². The second-order valence-corrected chi connectivity index (χ2v) is 7.73. The Bertz CT molecular complexity index is 826. The van der Waals surface area contributed by atoms with Crippen LogP contribution >= 0.6 is 0 Å². The van der Waals surface area contributed by atoms with Crippen LogP contribution in [0.1, 0.15) is 32.8 Å². The zero-order chi connectivity index (χ0) is 19.9. The van der Waals surface area contributed by atoms with Crippen molar-refractivity contribution in [1.82, 2.24) is 4.90 Å². The second-order valence-electron chi connectivity index (χ2n) is 7.73. The van der Waals surface area contributed by atoms with Gasteiger partial charge in [0.05, 0.1) is 16.7 Å². The van der Waals surface area contributed by atoms with Crippen molar-refractivity contribution in [3.63, 3.8) is 0 Å². The van der Waals surface area contributed by atoms with Crippen LogP contribution in [0.5, 0.6) is 5.75 Å². The van der Waals surface area contributed by atoms with Crippen molar-refractivity contribution in [3.05, 3.63) is 27.8 Å². The number of nitrogens with zero attached hydrogens (tertiary/aromatic N) is 4. The number of likely N-dealkylation sites (N-methyl/N-ethyl adjacent to an activating group) is 1. The minimum atomic E-state index is -0.584. The molecule has 3 rings (SSSR count). The summed E-state index contributed by atoms with van der Waals surface area (Å²) < 4.78 is 11.5. The molecule has 2 atom stereocenters. The molecule has 144 valence electrons. The number of hydrogen-bond donors (Lipinski definition) is 0. The topological polar surface area (TPSA) is 109 Å². The minimum Gasteiger partial charge on any atom is -0.484 e. The zero-order valence-electron chi connectivity index (χ0n) is 15.8. The average Bonchev–Trinajstić information content (AvgIpc) is 2.59. The maximum atomic E-state index is 12.4. The van der Waals surface area contributed by atoms with Gasteiger partial charge in [-0.25, -0.2) is 4.79 Å². The number of likely N-dealkylation sites (tertiary alicyclic amines) is 1. The first-order valence-corrected chi connectivity index (χ1v) is 8.71. The van der Waals surface area contributed by atoms with Crippen molar-refractivity contribution in [2.45, 2.75) is 44.9 Å². The number of amides is 1. The van der Waals surface area contributed by atoms with Gasteiger partial charge in [0.15, 0.2) is 11.3 Å². The number of nitro benzene ring substituents is 1.